The molecule has 1 aromatic heterocycles. The number of ether oxygens (including phenoxy) is 1. The molecule has 2 aromatic rings. The number of aryl methyl sites for hydroxylation is 2. The minimum atomic E-state index is -0.692. The molecule has 0 unspecified atom stereocenters. The fraction of sp³-hybridized carbons (Fsp3) is 0.250. The molecule has 25 heavy (non-hydrogen) atoms. The van der Waals surface area contributed by atoms with E-state index in [0.717, 1.165) is 16.9 Å². The highest BCUT2D eigenvalue weighted by atomic mass is 35.5. The van der Waals surface area contributed by atoms with Crippen LogP contribution in [0.5, 0.6) is 0 Å². The Morgan fingerprint density at radius 2 is 2.08 bits per heavy atom. The number of nitro groups is 1. The zero-order chi connectivity index (χ0) is 18.6. The second-order valence-corrected chi connectivity index (χ2v) is 6.78. The standard InChI is InChI=1S/C16H15ClN2O5S/c1-3-10-6-14(25-9(10)2)16(21)24-8-15(20)18-12-7-11(17)4-5-13(12)19(22)23/h4-7H,3,8H2,1-2H3,(H,18,20). The van der Waals surface area contributed by atoms with E-state index in [1.54, 1.807) is 6.07 Å². The summed E-state index contributed by atoms with van der Waals surface area (Å²) >= 11 is 7.08. The molecule has 0 spiro atoms. The summed E-state index contributed by atoms with van der Waals surface area (Å²) in [5, 5.41) is 13.5. The van der Waals surface area contributed by atoms with Crippen molar-refractivity contribution in [3.63, 3.8) is 0 Å². The first-order valence-electron chi connectivity index (χ1n) is 7.32. The largest absolute Gasteiger partial charge is 0.451 e. The molecule has 0 saturated heterocycles. The first kappa shape index (κ1) is 18.9. The van der Waals surface area contributed by atoms with Crippen LogP contribution in [0.3, 0.4) is 0 Å². The lowest BCUT2D eigenvalue weighted by molar-refractivity contribution is -0.383. The van der Waals surface area contributed by atoms with Gasteiger partial charge in [-0.05, 0) is 37.1 Å². The number of rotatable bonds is 6. The molecule has 0 bridgehead atoms. The summed E-state index contributed by atoms with van der Waals surface area (Å²) < 4.78 is 4.96. The molecule has 1 aromatic carbocycles. The fourth-order valence-corrected chi connectivity index (χ4v) is 3.31. The number of nitrogens with zero attached hydrogens (tertiary/aromatic N) is 1. The third-order valence-corrected chi connectivity index (χ3v) is 4.67. The SMILES string of the molecule is CCc1cc(C(=O)OCC(=O)Nc2cc(Cl)ccc2[N+](=O)[O-])sc1C. The van der Waals surface area contributed by atoms with Gasteiger partial charge in [-0.25, -0.2) is 4.79 Å². The highest BCUT2D eigenvalue weighted by Gasteiger charge is 2.18. The summed E-state index contributed by atoms with van der Waals surface area (Å²) in [5.41, 5.74) is 0.695. The Morgan fingerprint density at radius 1 is 1.36 bits per heavy atom. The molecule has 7 nitrogen and oxygen atoms in total. The molecule has 9 heteroatoms. The second kappa shape index (κ2) is 8.09. The Bertz CT molecular complexity index is 834. The number of carbonyl (C=O) groups is 2. The number of hydrogen-bond acceptors (Lipinski definition) is 6. The number of anilines is 1. The minimum absolute atomic E-state index is 0.0567. The number of hydrogen-bond donors (Lipinski definition) is 1. The molecule has 0 aliphatic heterocycles. The van der Waals surface area contributed by atoms with E-state index < -0.39 is 23.4 Å². The summed E-state index contributed by atoms with van der Waals surface area (Å²) in [6, 6.07) is 5.53. The first-order valence-corrected chi connectivity index (χ1v) is 8.51. The van der Waals surface area contributed by atoms with Gasteiger partial charge in [0.15, 0.2) is 6.61 Å². The molecule has 1 heterocycles. The van der Waals surface area contributed by atoms with Crippen molar-refractivity contribution >= 4 is 46.2 Å². The summed E-state index contributed by atoms with van der Waals surface area (Å²) in [6.45, 7) is 3.33. The average molecular weight is 383 g/mol. The molecule has 0 atom stereocenters. The minimum Gasteiger partial charge on any atom is -0.451 e. The summed E-state index contributed by atoms with van der Waals surface area (Å²) in [7, 11) is 0. The van der Waals surface area contributed by atoms with Crippen LogP contribution in [0.4, 0.5) is 11.4 Å². The van der Waals surface area contributed by atoms with Gasteiger partial charge in [-0.15, -0.1) is 11.3 Å². The van der Waals surface area contributed by atoms with E-state index in [-0.39, 0.29) is 16.4 Å². The third-order valence-electron chi connectivity index (χ3n) is 3.37. The molecule has 0 aliphatic carbocycles. The van der Waals surface area contributed by atoms with E-state index in [1.807, 2.05) is 13.8 Å². The Hall–Kier alpha value is -2.45. The number of benzene rings is 1. The Morgan fingerprint density at radius 3 is 2.68 bits per heavy atom. The quantitative estimate of drug-likeness (QED) is 0.463. The van der Waals surface area contributed by atoms with E-state index in [9.17, 15) is 19.7 Å². The van der Waals surface area contributed by atoms with Crippen LogP contribution in [0, 0.1) is 17.0 Å². The molecular formula is C16H15ClN2O5S. The van der Waals surface area contributed by atoms with Crippen LogP contribution in [0.1, 0.15) is 27.0 Å². The van der Waals surface area contributed by atoms with Gasteiger partial charge < -0.3 is 10.1 Å². The second-order valence-electron chi connectivity index (χ2n) is 5.09. The third kappa shape index (κ3) is 4.77. The smallest absolute Gasteiger partial charge is 0.348 e. The van der Waals surface area contributed by atoms with E-state index >= 15 is 0 Å². The van der Waals surface area contributed by atoms with Gasteiger partial charge in [0.25, 0.3) is 11.6 Å². The normalized spacial score (nSPS) is 10.4. The van der Waals surface area contributed by atoms with Crippen molar-refractivity contribution in [1.82, 2.24) is 0 Å². The Balaban J connectivity index is 2.00. The maximum absolute atomic E-state index is 12.0. The molecule has 0 aliphatic rings. The molecule has 2 rings (SSSR count). The lowest BCUT2D eigenvalue weighted by atomic mass is 10.2. The van der Waals surface area contributed by atoms with Crippen molar-refractivity contribution in [1.29, 1.82) is 0 Å². The number of carbonyl (C=O) groups excluding carboxylic acids is 2. The average Bonchev–Trinajstić information content (AvgIpc) is 2.93. The molecule has 1 N–H and O–H groups in total. The van der Waals surface area contributed by atoms with Crippen LogP contribution < -0.4 is 5.32 Å². The van der Waals surface area contributed by atoms with E-state index in [1.165, 1.54) is 29.5 Å². The van der Waals surface area contributed by atoms with Crippen molar-refractivity contribution in [3.8, 4) is 0 Å². The van der Waals surface area contributed by atoms with E-state index in [4.69, 9.17) is 16.3 Å². The Labute approximate surface area is 152 Å². The van der Waals surface area contributed by atoms with Crippen LogP contribution in [-0.2, 0) is 16.0 Å². The van der Waals surface area contributed by atoms with Crippen molar-refractivity contribution in [2.24, 2.45) is 0 Å². The number of amides is 1. The molecular weight excluding hydrogens is 368 g/mol. The predicted octanol–water partition coefficient (Wildman–Crippen LogP) is 3.98. The molecule has 0 fully saturated rings. The zero-order valence-corrected chi connectivity index (χ0v) is 15.1. The van der Waals surface area contributed by atoms with Crippen molar-refractivity contribution in [3.05, 3.63) is 54.7 Å². The maximum atomic E-state index is 12.0. The van der Waals surface area contributed by atoms with Gasteiger partial charge in [0, 0.05) is 16.0 Å². The summed E-state index contributed by atoms with van der Waals surface area (Å²) in [6.07, 6.45) is 0.800. The number of thiophene rings is 1. The summed E-state index contributed by atoms with van der Waals surface area (Å²) in [4.78, 5) is 35.7. The van der Waals surface area contributed by atoms with Gasteiger partial charge in [-0.2, -0.15) is 0 Å². The van der Waals surface area contributed by atoms with Crippen LogP contribution in [-0.4, -0.2) is 23.4 Å². The first-order chi connectivity index (χ1) is 11.8. The van der Waals surface area contributed by atoms with Gasteiger partial charge in [0.1, 0.15) is 10.6 Å². The van der Waals surface area contributed by atoms with Gasteiger partial charge in [0.05, 0.1) is 4.92 Å². The van der Waals surface area contributed by atoms with Crippen molar-refractivity contribution in [2.75, 3.05) is 11.9 Å². The van der Waals surface area contributed by atoms with E-state index in [0.29, 0.717) is 4.88 Å². The van der Waals surface area contributed by atoms with E-state index in [2.05, 4.69) is 5.32 Å². The lowest BCUT2D eigenvalue weighted by Crippen LogP contribution is -2.21. The zero-order valence-electron chi connectivity index (χ0n) is 13.5. The summed E-state index contributed by atoms with van der Waals surface area (Å²) in [5.74, 6) is -1.30. The van der Waals surface area contributed by atoms with Gasteiger partial charge in [-0.1, -0.05) is 18.5 Å². The van der Waals surface area contributed by atoms with Crippen LogP contribution in [0.2, 0.25) is 5.02 Å². The highest BCUT2D eigenvalue weighted by Crippen LogP contribution is 2.27. The number of nitro benzene ring substituents is 1. The van der Waals surface area contributed by atoms with Gasteiger partial charge in [0.2, 0.25) is 0 Å². The van der Waals surface area contributed by atoms with Crippen LogP contribution in [0.15, 0.2) is 24.3 Å². The Kier molecular flexibility index (Phi) is 6.11. The van der Waals surface area contributed by atoms with Gasteiger partial charge in [-0.3, -0.25) is 14.9 Å². The fourth-order valence-electron chi connectivity index (χ4n) is 2.13. The topological polar surface area (TPSA) is 98.5 Å². The highest BCUT2D eigenvalue weighted by molar-refractivity contribution is 7.14. The molecule has 132 valence electrons. The number of nitrogens with one attached hydrogen (secondary N) is 1. The van der Waals surface area contributed by atoms with Crippen molar-refractivity contribution in [2.45, 2.75) is 20.3 Å². The molecule has 1 amide bonds. The maximum Gasteiger partial charge on any atom is 0.348 e. The van der Waals surface area contributed by atoms with Gasteiger partial charge >= 0.3 is 5.97 Å². The number of esters is 1. The lowest BCUT2D eigenvalue weighted by Gasteiger charge is -2.07. The van der Waals surface area contributed by atoms with Crippen LogP contribution >= 0.6 is 22.9 Å². The molecule has 0 saturated carbocycles. The number of halogens is 1. The van der Waals surface area contributed by atoms with Crippen LogP contribution in [0.25, 0.3) is 0 Å². The van der Waals surface area contributed by atoms with Crippen molar-refractivity contribution < 1.29 is 19.2 Å². The monoisotopic (exact) mass is 382 g/mol. The predicted molar refractivity (Wildman–Crippen MR) is 95.5 cm³/mol. The molecule has 0 radical (unpaired) electrons.